The Kier molecular flexibility index (Phi) is 1.58. The molecule has 0 bridgehead atoms. The monoisotopic (exact) mass is 187 g/mol. The van der Waals surface area contributed by atoms with Crippen LogP contribution in [0.15, 0.2) is 24.3 Å². The van der Waals surface area contributed by atoms with Crippen LogP contribution in [0.5, 0.6) is 0 Å². The zero-order valence-electron chi connectivity index (χ0n) is 8.96. The predicted molar refractivity (Wildman–Crippen MR) is 58.5 cm³/mol. The predicted octanol–water partition coefficient (Wildman–Crippen LogP) is 2.20. The molecule has 2 fully saturated rings. The number of fused-ring (bicyclic) bond motifs is 1. The highest BCUT2D eigenvalue weighted by molar-refractivity contribution is 5.38. The van der Waals surface area contributed by atoms with Gasteiger partial charge in [-0.3, -0.25) is 0 Å². The molecule has 2 atom stereocenters. The summed E-state index contributed by atoms with van der Waals surface area (Å²) in [5.41, 5.74) is 3.48. The average Bonchev–Trinajstić information content (AvgIpc) is 2.71. The normalized spacial score (nSPS) is 35.7. The minimum absolute atomic E-state index is 0.544. The summed E-state index contributed by atoms with van der Waals surface area (Å²) in [6.45, 7) is 4.72. The van der Waals surface area contributed by atoms with Crippen LogP contribution in [0.2, 0.25) is 0 Å². The number of likely N-dealkylation sites (tertiary alicyclic amines) is 1. The summed E-state index contributed by atoms with van der Waals surface area (Å²) < 4.78 is 0. The standard InChI is InChI=1S/C13H17N/c1-10-3-5-11(6-4-10)13-7-12(13)8-14(2)9-13/h3-6,12H,7-9H2,1-2H3/t12-,13+/m0/s1. The van der Waals surface area contributed by atoms with Gasteiger partial charge < -0.3 is 4.90 Å². The molecule has 0 unspecified atom stereocenters. The lowest BCUT2D eigenvalue weighted by Crippen LogP contribution is -2.22. The first-order valence-electron chi connectivity index (χ1n) is 5.46. The number of nitrogens with zero attached hydrogens (tertiary/aromatic N) is 1. The summed E-state index contributed by atoms with van der Waals surface area (Å²) in [6, 6.07) is 9.15. The van der Waals surface area contributed by atoms with Crippen molar-refractivity contribution in [3.63, 3.8) is 0 Å². The van der Waals surface area contributed by atoms with Crippen molar-refractivity contribution in [1.82, 2.24) is 4.90 Å². The largest absolute Gasteiger partial charge is 0.305 e. The Morgan fingerprint density at radius 1 is 1.29 bits per heavy atom. The van der Waals surface area contributed by atoms with Gasteiger partial charge in [-0.15, -0.1) is 0 Å². The molecular formula is C13H17N. The van der Waals surface area contributed by atoms with Crippen molar-refractivity contribution < 1.29 is 0 Å². The molecule has 1 aliphatic heterocycles. The summed E-state index contributed by atoms with van der Waals surface area (Å²) >= 11 is 0. The van der Waals surface area contributed by atoms with Gasteiger partial charge in [-0.05, 0) is 31.9 Å². The summed E-state index contributed by atoms with van der Waals surface area (Å²) in [5, 5.41) is 0. The first kappa shape index (κ1) is 8.49. The maximum absolute atomic E-state index is 2.47. The Hall–Kier alpha value is -0.820. The van der Waals surface area contributed by atoms with Crippen molar-refractivity contribution in [2.24, 2.45) is 5.92 Å². The van der Waals surface area contributed by atoms with E-state index in [1.54, 1.807) is 5.56 Å². The van der Waals surface area contributed by atoms with Crippen molar-refractivity contribution in [2.75, 3.05) is 20.1 Å². The fourth-order valence-electron chi connectivity index (χ4n) is 3.07. The van der Waals surface area contributed by atoms with Crippen molar-refractivity contribution in [2.45, 2.75) is 18.8 Å². The highest BCUT2D eigenvalue weighted by atomic mass is 15.2. The van der Waals surface area contributed by atoms with Crippen LogP contribution in [0.4, 0.5) is 0 Å². The SMILES string of the molecule is Cc1ccc([C@]23C[C@H]2CN(C)C3)cc1. The molecule has 1 aliphatic carbocycles. The molecule has 14 heavy (non-hydrogen) atoms. The van der Waals surface area contributed by atoms with Crippen LogP contribution in [0, 0.1) is 12.8 Å². The van der Waals surface area contributed by atoms with Crippen molar-refractivity contribution in [1.29, 1.82) is 0 Å². The van der Waals surface area contributed by atoms with E-state index in [2.05, 4.69) is 43.1 Å². The lowest BCUT2D eigenvalue weighted by Gasteiger charge is -2.16. The quantitative estimate of drug-likeness (QED) is 0.651. The van der Waals surface area contributed by atoms with Crippen molar-refractivity contribution in [3.05, 3.63) is 35.4 Å². The Labute approximate surface area is 85.7 Å². The van der Waals surface area contributed by atoms with Crippen LogP contribution in [0.3, 0.4) is 0 Å². The molecular weight excluding hydrogens is 170 g/mol. The van der Waals surface area contributed by atoms with Crippen molar-refractivity contribution >= 4 is 0 Å². The second-order valence-corrected chi connectivity index (χ2v) is 5.12. The lowest BCUT2D eigenvalue weighted by molar-refractivity contribution is 0.363. The van der Waals surface area contributed by atoms with E-state index >= 15 is 0 Å². The van der Waals surface area contributed by atoms with Gasteiger partial charge in [-0.2, -0.15) is 0 Å². The van der Waals surface area contributed by atoms with E-state index in [1.807, 2.05) is 0 Å². The summed E-state index contributed by atoms with van der Waals surface area (Å²) in [6.07, 6.45) is 1.42. The Bertz CT molecular complexity index is 354. The molecule has 1 heterocycles. The zero-order valence-corrected chi connectivity index (χ0v) is 8.96. The first-order chi connectivity index (χ1) is 6.71. The topological polar surface area (TPSA) is 3.24 Å². The average molecular weight is 187 g/mol. The third kappa shape index (κ3) is 1.05. The molecule has 1 saturated heterocycles. The molecule has 74 valence electrons. The van der Waals surface area contributed by atoms with E-state index < -0.39 is 0 Å². The van der Waals surface area contributed by atoms with Gasteiger partial charge in [0.2, 0.25) is 0 Å². The molecule has 0 radical (unpaired) electrons. The third-order valence-electron chi connectivity index (χ3n) is 3.94. The van der Waals surface area contributed by atoms with Crippen LogP contribution in [0.25, 0.3) is 0 Å². The minimum atomic E-state index is 0.544. The molecule has 0 N–H and O–H groups in total. The Balaban J connectivity index is 1.93. The first-order valence-corrected chi connectivity index (χ1v) is 5.46. The highest BCUT2D eigenvalue weighted by Crippen LogP contribution is 2.58. The Morgan fingerprint density at radius 2 is 2.00 bits per heavy atom. The molecule has 0 amide bonds. The maximum atomic E-state index is 2.47. The van der Waals surface area contributed by atoms with Crippen LogP contribution in [0.1, 0.15) is 17.5 Å². The number of aryl methyl sites for hydroxylation is 1. The lowest BCUT2D eigenvalue weighted by atomic mass is 9.94. The fraction of sp³-hybridized carbons (Fsp3) is 0.538. The van der Waals surface area contributed by atoms with Gasteiger partial charge in [-0.25, -0.2) is 0 Å². The molecule has 0 aromatic heterocycles. The van der Waals surface area contributed by atoms with Crippen LogP contribution in [-0.2, 0) is 5.41 Å². The van der Waals surface area contributed by atoms with E-state index in [0.29, 0.717) is 5.41 Å². The molecule has 3 rings (SSSR count). The summed E-state index contributed by atoms with van der Waals surface area (Å²) in [4.78, 5) is 2.47. The van der Waals surface area contributed by atoms with Crippen molar-refractivity contribution in [3.8, 4) is 0 Å². The number of hydrogen-bond acceptors (Lipinski definition) is 1. The smallest absolute Gasteiger partial charge is 0.0124 e. The van der Waals surface area contributed by atoms with Gasteiger partial charge in [0.1, 0.15) is 0 Å². The number of benzene rings is 1. The number of likely N-dealkylation sites (N-methyl/N-ethyl adjacent to an activating group) is 1. The molecule has 1 aromatic carbocycles. The second-order valence-electron chi connectivity index (χ2n) is 5.12. The maximum Gasteiger partial charge on any atom is 0.0124 e. The molecule has 0 spiro atoms. The van der Waals surface area contributed by atoms with E-state index in [1.165, 1.54) is 25.1 Å². The van der Waals surface area contributed by atoms with E-state index in [4.69, 9.17) is 0 Å². The van der Waals surface area contributed by atoms with Gasteiger partial charge in [-0.1, -0.05) is 29.8 Å². The third-order valence-corrected chi connectivity index (χ3v) is 3.94. The number of rotatable bonds is 1. The van der Waals surface area contributed by atoms with Crippen LogP contribution < -0.4 is 0 Å². The highest BCUT2D eigenvalue weighted by Gasteiger charge is 2.59. The zero-order chi connectivity index (χ0) is 9.76. The van der Waals surface area contributed by atoms with Crippen LogP contribution in [-0.4, -0.2) is 25.0 Å². The summed E-state index contributed by atoms with van der Waals surface area (Å²) in [7, 11) is 2.24. The van der Waals surface area contributed by atoms with Gasteiger partial charge >= 0.3 is 0 Å². The second kappa shape index (κ2) is 2.60. The molecule has 1 heteroatoms. The Morgan fingerprint density at radius 3 is 2.57 bits per heavy atom. The minimum Gasteiger partial charge on any atom is -0.305 e. The van der Waals surface area contributed by atoms with Gasteiger partial charge in [0.15, 0.2) is 0 Å². The van der Waals surface area contributed by atoms with Gasteiger partial charge in [0, 0.05) is 18.5 Å². The molecule has 1 nitrogen and oxygen atoms in total. The van der Waals surface area contributed by atoms with E-state index in [0.717, 1.165) is 5.92 Å². The molecule has 2 aliphatic rings. The number of hydrogen-bond donors (Lipinski definition) is 0. The number of piperidine rings is 1. The van der Waals surface area contributed by atoms with Gasteiger partial charge in [0.05, 0.1) is 0 Å². The summed E-state index contributed by atoms with van der Waals surface area (Å²) in [5.74, 6) is 0.940. The fourth-order valence-corrected chi connectivity index (χ4v) is 3.07. The van der Waals surface area contributed by atoms with E-state index in [9.17, 15) is 0 Å². The van der Waals surface area contributed by atoms with Gasteiger partial charge in [0.25, 0.3) is 0 Å². The van der Waals surface area contributed by atoms with E-state index in [-0.39, 0.29) is 0 Å². The molecule has 1 aromatic rings. The molecule has 1 saturated carbocycles. The van der Waals surface area contributed by atoms with Crippen LogP contribution >= 0.6 is 0 Å².